The van der Waals surface area contributed by atoms with E-state index in [0.29, 0.717) is 24.4 Å². The Kier molecular flexibility index (Phi) is 5.15. The number of pyridine rings is 1. The van der Waals surface area contributed by atoms with Gasteiger partial charge >= 0.3 is 5.69 Å². The number of nitrogens with one attached hydrogen (secondary N) is 1. The van der Waals surface area contributed by atoms with E-state index in [4.69, 9.17) is 0 Å². The lowest BCUT2D eigenvalue weighted by Gasteiger charge is -2.10. The zero-order valence-corrected chi connectivity index (χ0v) is 16.1. The maximum atomic E-state index is 12.6. The van der Waals surface area contributed by atoms with Gasteiger partial charge in [0.1, 0.15) is 6.33 Å². The minimum Gasteiger partial charge on any atom is -0.347 e. The number of aryl methyl sites for hydroxylation is 1. The van der Waals surface area contributed by atoms with Gasteiger partial charge in [0.15, 0.2) is 0 Å². The minimum absolute atomic E-state index is 0.0852. The van der Waals surface area contributed by atoms with Crippen LogP contribution in [0.25, 0.3) is 0 Å². The predicted octanol–water partition coefficient (Wildman–Crippen LogP) is 2.47. The molecule has 0 spiro atoms. The van der Waals surface area contributed by atoms with Crippen molar-refractivity contribution in [1.29, 1.82) is 0 Å². The summed E-state index contributed by atoms with van der Waals surface area (Å²) in [6.45, 7) is 3.07. The first-order chi connectivity index (χ1) is 13.1. The Labute approximate surface area is 161 Å². The van der Waals surface area contributed by atoms with Gasteiger partial charge in [0.2, 0.25) is 0 Å². The molecule has 2 aliphatic rings. The molecule has 142 valence electrons. The average Bonchev–Trinajstić information content (AvgIpc) is 3.33. The van der Waals surface area contributed by atoms with Crippen LogP contribution in [0, 0.1) is 5.92 Å². The second-order valence-corrected chi connectivity index (χ2v) is 8.39. The summed E-state index contributed by atoms with van der Waals surface area (Å²) < 4.78 is 3.21. The summed E-state index contributed by atoms with van der Waals surface area (Å²) in [4.78, 5) is 29.9. The summed E-state index contributed by atoms with van der Waals surface area (Å²) in [7, 11) is 0. The van der Waals surface area contributed by atoms with Crippen molar-refractivity contribution in [3.05, 3.63) is 57.4 Å². The Hall–Kier alpha value is -2.35. The number of allylic oxidation sites excluding steroid dienone is 1. The van der Waals surface area contributed by atoms with Crippen LogP contribution in [0.4, 0.5) is 0 Å². The number of thioether (sulfide) groups is 1. The molecule has 0 saturated heterocycles. The first kappa shape index (κ1) is 18.0. The normalized spacial score (nSPS) is 19.5. The van der Waals surface area contributed by atoms with E-state index in [9.17, 15) is 9.59 Å². The topological polar surface area (TPSA) is 81.8 Å². The molecule has 1 aliphatic carbocycles. The van der Waals surface area contributed by atoms with Gasteiger partial charge in [-0.05, 0) is 30.9 Å². The summed E-state index contributed by atoms with van der Waals surface area (Å²) in [5, 5.41) is 7.09. The van der Waals surface area contributed by atoms with E-state index in [1.807, 2.05) is 19.1 Å². The highest BCUT2D eigenvalue weighted by Crippen LogP contribution is 2.43. The first-order valence-corrected chi connectivity index (χ1v) is 10.2. The Balaban J connectivity index is 1.37. The number of rotatable bonds is 7. The molecule has 1 unspecified atom stereocenters. The summed E-state index contributed by atoms with van der Waals surface area (Å²) >= 11 is 1.44. The highest BCUT2D eigenvalue weighted by atomic mass is 32.2. The molecule has 4 rings (SSSR count). The van der Waals surface area contributed by atoms with Crippen LogP contribution < -0.4 is 11.0 Å². The standard InChI is InChI=1S/C19H23N5O2S/c1-13-9-16(23-12-22-24(19(23)26)8-6-14-4-5-14)27-17(13)18(25)21-11-15-3-2-7-20-10-15/h2-3,7,10,12,14,16H,4-6,8-9,11H2,1H3,(H,21,25). The molecule has 0 radical (unpaired) electrons. The van der Waals surface area contributed by atoms with Crippen molar-refractivity contribution in [2.24, 2.45) is 5.92 Å². The van der Waals surface area contributed by atoms with Crippen molar-refractivity contribution < 1.29 is 4.79 Å². The number of hydrogen-bond acceptors (Lipinski definition) is 5. The molecule has 2 aromatic rings. The van der Waals surface area contributed by atoms with E-state index in [-0.39, 0.29) is 17.0 Å². The SMILES string of the molecule is CC1=C(C(=O)NCc2cccnc2)SC(n2cnn(CCC3CC3)c2=O)C1. The van der Waals surface area contributed by atoms with E-state index in [1.165, 1.54) is 24.6 Å². The van der Waals surface area contributed by atoms with Gasteiger partial charge in [0, 0.05) is 31.9 Å². The molecule has 0 aromatic carbocycles. The van der Waals surface area contributed by atoms with Gasteiger partial charge in [-0.3, -0.25) is 14.3 Å². The number of hydrogen-bond donors (Lipinski definition) is 1. The second kappa shape index (κ2) is 7.72. The smallest absolute Gasteiger partial charge is 0.346 e. The van der Waals surface area contributed by atoms with E-state index in [1.54, 1.807) is 28.0 Å². The monoisotopic (exact) mass is 385 g/mol. The van der Waals surface area contributed by atoms with Gasteiger partial charge in [-0.2, -0.15) is 5.10 Å². The molecule has 0 bridgehead atoms. The Morgan fingerprint density at radius 2 is 2.26 bits per heavy atom. The van der Waals surface area contributed by atoms with E-state index >= 15 is 0 Å². The van der Waals surface area contributed by atoms with Crippen molar-refractivity contribution in [3.63, 3.8) is 0 Å². The zero-order chi connectivity index (χ0) is 18.8. The molecule has 7 nitrogen and oxygen atoms in total. The van der Waals surface area contributed by atoms with E-state index < -0.39 is 0 Å². The Morgan fingerprint density at radius 3 is 3.00 bits per heavy atom. The van der Waals surface area contributed by atoms with Crippen LogP contribution in [0.5, 0.6) is 0 Å². The average molecular weight is 385 g/mol. The van der Waals surface area contributed by atoms with Gasteiger partial charge in [-0.25, -0.2) is 9.48 Å². The maximum Gasteiger partial charge on any atom is 0.346 e. The maximum absolute atomic E-state index is 12.6. The molecular weight excluding hydrogens is 362 g/mol. The second-order valence-electron chi connectivity index (χ2n) is 7.21. The van der Waals surface area contributed by atoms with Crippen LogP contribution >= 0.6 is 11.8 Å². The Bertz CT molecular complexity index is 914. The van der Waals surface area contributed by atoms with Gasteiger partial charge in [-0.15, -0.1) is 0 Å². The lowest BCUT2D eigenvalue weighted by atomic mass is 10.2. The number of aromatic nitrogens is 4. The molecule has 27 heavy (non-hydrogen) atoms. The van der Waals surface area contributed by atoms with Gasteiger partial charge < -0.3 is 5.32 Å². The van der Waals surface area contributed by atoms with Crippen LogP contribution in [0.1, 0.15) is 43.5 Å². The lowest BCUT2D eigenvalue weighted by molar-refractivity contribution is -0.117. The van der Waals surface area contributed by atoms with Gasteiger partial charge in [-0.1, -0.05) is 36.2 Å². The van der Waals surface area contributed by atoms with Crippen molar-refractivity contribution >= 4 is 17.7 Å². The fraction of sp³-hybridized carbons (Fsp3) is 0.474. The predicted molar refractivity (Wildman–Crippen MR) is 104 cm³/mol. The highest BCUT2D eigenvalue weighted by molar-refractivity contribution is 8.04. The largest absolute Gasteiger partial charge is 0.347 e. The third-order valence-electron chi connectivity index (χ3n) is 5.02. The van der Waals surface area contributed by atoms with Crippen LogP contribution in [0.15, 0.2) is 46.1 Å². The summed E-state index contributed by atoms with van der Waals surface area (Å²) in [6.07, 6.45) is 9.29. The Morgan fingerprint density at radius 1 is 1.41 bits per heavy atom. The number of carbonyl (C=O) groups is 1. The fourth-order valence-electron chi connectivity index (χ4n) is 3.21. The molecule has 1 amide bonds. The molecule has 3 heterocycles. The first-order valence-electron chi connectivity index (χ1n) is 9.29. The molecule has 2 aromatic heterocycles. The van der Waals surface area contributed by atoms with Gasteiger partial charge in [0.25, 0.3) is 5.91 Å². The number of amides is 1. The van der Waals surface area contributed by atoms with Crippen molar-refractivity contribution in [1.82, 2.24) is 24.6 Å². The molecule has 1 atom stereocenters. The summed E-state index contributed by atoms with van der Waals surface area (Å²) in [5.74, 6) is 0.667. The third-order valence-corrected chi connectivity index (χ3v) is 6.45. The fourth-order valence-corrected chi connectivity index (χ4v) is 4.54. The van der Waals surface area contributed by atoms with Gasteiger partial charge in [0.05, 0.1) is 10.3 Å². The molecular formula is C19H23N5O2S. The third kappa shape index (κ3) is 4.16. The number of nitrogens with zero attached hydrogens (tertiary/aromatic N) is 4. The molecule has 1 saturated carbocycles. The molecule has 1 aliphatic heterocycles. The lowest BCUT2D eigenvalue weighted by Crippen LogP contribution is -2.27. The summed E-state index contributed by atoms with van der Waals surface area (Å²) in [6, 6.07) is 3.77. The molecule has 1 N–H and O–H groups in total. The number of carbonyl (C=O) groups excluding carboxylic acids is 1. The van der Waals surface area contributed by atoms with Crippen molar-refractivity contribution in [2.45, 2.75) is 51.1 Å². The molecule has 1 fully saturated rings. The van der Waals surface area contributed by atoms with E-state index in [0.717, 1.165) is 23.5 Å². The van der Waals surface area contributed by atoms with E-state index in [2.05, 4.69) is 15.4 Å². The minimum atomic E-state index is -0.105. The van der Waals surface area contributed by atoms with Crippen LogP contribution in [-0.2, 0) is 17.9 Å². The highest BCUT2D eigenvalue weighted by Gasteiger charge is 2.30. The quantitative estimate of drug-likeness (QED) is 0.792. The zero-order valence-electron chi connectivity index (χ0n) is 15.3. The molecule has 8 heteroatoms. The van der Waals surface area contributed by atoms with Crippen LogP contribution in [0.2, 0.25) is 0 Å². The van der Waals surface area contributed by atoms with Crippen LogP contribution in [-0.4, -0.2) is 25.2 Å². The van der Waals surface area contributed by atoms with Crippen molar-refractivity contribution in [3.8, 4) is 0 Å². The summed E-state index contributed by atoms with van der Waals surface area (Å²) in [5.41, 5.74) is 1.88. The van der Waals surface area contributed by atoms with Crippen molar-refractivity contribution in [2.75, 3.05) is 0 Å². The van der Waals surface area contributed by atoms with Crippen LogP contribution in [0.3, 0.4) is 0 Å².